The van der Waals surface area contributed by atoms with Crippen molar-refractivity contribution >= 4 is 29.7 Å². The number of aromatic amines is 2. The first-order chi connectivity index (χ1) is 29.4. The summed E-state index contributed by atoms with van der Waals surface area (Å²) in [6.45, 7) is 18.5. The molecule has 0 spiro atoms. The van der Waals surface area contributed by atoms with Crippen molar-refractivity contribution in [3.05, 3.63) is 72.6 Å². The van der Waals surface area contributed by atoms with Crippen LogP contribution in [0.15, 0.2) is 65.9 Å². The monoisotopic (exact) mass is 889 g/mol. The first-order valence-corrected chi connectivity index (χ1v) is 21.1. The zero-order chi connectivity index (χ0) is 48.4. The van der Waals surface area contributed by atoms with Crippen molar-refractivity contribution in [2.24, 2.45) is 26.7 Å². The summed E-state index contributed by atoms with van der Waals surface area (Å²) in [6.07, 6.45) is 1.78. The molecule has 348 valence electrons. The quantitative estimate of drug-likeness (QED) is 0.105. The number of carbonyl (C=O) groups is 4. The van der Waals surface area contributed by atoms with E-state index in [0.717, 1.165) is 22.3 Å². The van der Waals surface area contributed by atoms with E-state index in [9.17, 15) is 28.0 Å². The fourth-order valence-corrected chi connectivity index (χ4v) is 6.40. The number of ether oxygens (including phenoxy) is 2. The minimum absolute atomic E-state index is 0.314. The van der Waals surface area contributed by atoms with Crippen molar-refractivity contribution in [2.45, 2.75) is 100 Å². The van der Waals surface area contributed by atoms with Crippen LogP contribution in [0.5, 0.6) is 0 Å². The maximum atomic E-state index is 14.3. The maximum absolute atomic E-state index is 14.3. The van der Waals surface area contributed by atoms with Gasteiger partial charge in [0.2, 0.25) is 0 Å². The molecule has 0 aliphatic heterocycles. The average molecular weight is 889 g/mol. The number of carbonyl (C=O) groups excluding carboxylic acids is 4. The van der Waals surface area contributed by atoms with E-state index in [1.807, 2.05) is 90.1 Å². The Morgan fingerprint density at radius 2 is 1.05 bits per heavy atom. The van der Waals surface area contributed by atoms with Gasteiger partial charge < -0.3 is 34.6 Å². The highest BCUT2D eigenvalue weighted by atomic mass is 19.1. The van der Waals surface area contributed by atoms with Crippen LogP contribution >= 0.6 is 0 Å². The number of amides is 4. The number of alkyl halides is 2. The summed E-state index contributed by atoms with van der Waals surface area (Å²) in [5, 5.41) is 3.00. The van der Waals surface area contributed by atoms with Crippen LogP contribution < -0.4 is 5.32 Å². The van der Waals surface area contributed by atoms with Gasteiger partial charge in [-0.2, -0.15) is 0 Å². The van der Waals surface area contributed by atoms with E-state index in [2.05, 4.69) is 30.2 Å². The molecule has 3 atom stereocenters. The molecule has 4 rings (SSSR count). The third kappa shape index (κ3) is 10.7. The highest BCUT2D eigenvalue weighted by molar-refractivity contribution is 6.09. The molecule has 64 heavy (non-hydrogen) atoms. The summed E-state index contributed by atoms with van der Waals surface area (Å²) >= 11 is 0. The molecule has 2 heterocycles. The SMILES string of the molecule is CN(C)C(=O)OC(C)(C(=O)N=C(c1ncc(-c2ccc(-c3ccc(-c4cnc(C(NC(=O)C(C)(OC(=O)N(C)C)C(C)(C)CF)C(C)(C)C)[nH]4)cc3)cc2)[nH]1)C(C)(C)C)C(C)(C)CF. The highest BCUT2D eigenvalue weighted by Gasteiger charge is 2.53. The Bertz CT molecular complexity index is 2340. The van der Waals surface area contributed by atoms with Gasteiger partial charge in [-0.3, -0.25) is 18.4 Å². The topological polar surface area (TPSA) is 175 Å². The second-order valence-corrected chi connectivity index (χ2v) is 20.4. The Kier molecular flexibility index (Phi) is 14.8. The molecule has 2 aromatic heterocycles. The number of hydrogen-bond donors (Lipinski definition) is 3. The molecule has 4 amide bonds. The summed E-state index contributed by atoms with van der Waals surface area (Å²) in [7, 11) is 5.94. The van der Waals surface area contributed by atoms with Gasteiger partial charge >= 0.3 is 12.2 Å². The highest BCUT2D eigenvalue weighted by Crippen LogP contribution is 2.40. The lowest BCUT2D eigenvalue weighted by Gasteiger charge is -2.42. The molecule has 0 fully saturated rings. The minimum Gasteiger partial charge on any atom is -0.432 e. The molecule has 0 radical (unpaired) electrons. The van der Waals surface area contributed by atoms with Crippen molar-refractivity contribution in [1.29, 1.82) is 0 Å². The van der Waals surface area contributed by atoms with Gasteiger partial charge in [0.15, 0.2) is 17.0 Å². The lowest BCUT2D eigenvalue weighted by atomic mass is 9.75. The fraction of sp³-hybridized carbons (Fsp3) is 0.521. The predicted octanol–water partition coefficient (Wildman–Crippen LogP) is 9.60. The first-order valence-electron chi connectivity index (χ1n) is 21.1. The summed E-state index contributed by atoms with van der Waals surface area (Å²) < 4.78 is 39.9. The van der Waals surface area contributed by atoms with Crippen LogP contribution in [0.3, 0.4) is 0 Å². The molecule has 0 saturated carbocycles. The summed E-state index contributed by atoms with van der Waals surface area (Å²) in [6, 6.07) is 15.1. The number of nitrogens with one attached hydrogen (secondary N) is 3. The fourth-order valence-electron chi connectivity index (χ4n) is 6.40. The lowest BCUT2D eigenvalue weighted by molar-refractivity contribution is -0.155. The maximum Gasteiger partial charge on any atom is 0.410 e. The zero-order valence-corrected chi connectivity index (χ0v) is 40.2. The third-order valence-electron chi connectivity index (χ3n) is 11.9. The predicted molar refractivity (Wildman–Crippen MR) is 245 cm³/mol. The van der Waals surface area contributed by atoms with E-state index < -0.39 is 76.3 Å². The number of nitrogens with zero attached hydrogens (tertiary/aromatic N) is 5. The number of hydrogen-bond acceptors (Lipinski definition) is 8. The van der Waals surface area contributed by atoms with E-state index in [0.29, 0.717) is 28.7 Å². The van der Waals surface area contributed by atoms with Crippen molar-refractivity contribution in [3.8, 4) is 33.6 Å². The molecule has 3 unspecified atom stereocenters. The first kappa shape index (κ1) is 50.7. The van der Waals surface area contributed by atoms with E-state index >= 15 is 0 Å². The van der Waals surface area contributed by atoms with Gasteiger partial charge in [-0.05, 0) is 41.5 Å². The Morgan fingerprint density at radius 1 is 0.641 bits per heavy atom. The summed E-state index contributed by atoms with van der Waals surface area (Å²) in [5.74, 6) is -0.628. The van der Waals surface area contributed by atoms with Gasteiger partial charge in [0, 0.05) is 44.4 Å². The molecule has 0 saturated heterocycles. The Hall–Kier alpha value is -5.93. The van der Waals surface area contributed by atoms with Gasteiger partial charge in [0.25, 0.3) is 11.8 Å². The van der Waals surface area contributed by atoms with Gasteiger partial charge in [-0.15, -0.1) is 0 Å². The number of aromatic nitrogens is 4. The van der Waals surface area contributed by atoms with Crippen LogP contribution in [0.1, 0.15) is 101 Å². The standard InChI is InChI=1S/C48H66F2N8O6/c1-43(2,3)35(55-39(59)47(11,45(7,8)27-49)63-41(61)57(13)14)37-51-25-33(53-37)31-21-17-29(18-22-31)30-19-23-32(24-20-30)34-26-52-38(54-34)36(44(4,5)6)56-40(60)48(12,46(9,10)28-50)64-42(62)58(15)16/h17-26,35H,27-28H2,1-16H3,(H,51,53)(H,52,54)(H,55,59). The molecule has 16 heteroatoms. The number of aliphatic imine (C=N–C) groups is 1. The Morgan fingerprint density at radius 3 is 1.47 bits per heavy atom. The largest absolute Gasteiger partial charge is 0.432 e. The molecule has 0 aliphatic rings. The van der Waals surface area contributed by atoms with Gasteiger partial charge in [0.05, 0.1) is 48.9 Å². The zero-order valence-electron chi connectivity index (χ0n) is 40.2. The minimum atomic E-state index is -1.91. The van der Waals surface area contributed by atoms with E-state index in [4.69, 9.17) is 9.47 Å². The normalized spacial score (nSPS) is 15.1. The number of imidazole rings is 2. The molecular weight excluding hydrogens is 823 g/mol. The van der Waals surface area contributed by atoms with Gasteiger partial charge in [-0.25, -0.2) is 24.5 Å². The number of benzene rings is 2. The van der Waals surface area contributed by atoms with Crippen molar-refractivity contribution in [2.75, 3.05) is 41.5 Å². The van der Waals surface area contributed by atoms with Crippen LogP contribution in [0.4, 0.5) is 18.4 Å². The van der Waals surface area contributed by atoms with E-state index in [1.165, 1.54) is 79.5 Å². The second-order valence-electron chi connectivity index (χ2n) is 20.4. The van der Waals surface area contributed by atoms with Crippen molar-refractivity contribution in [3.63, 3.8) is 0 Å². The van der Waals surface area contributed by atoms with Crippen LogP contribution in [0.25, 0.3) is 33.6 Å². The van der Waals surface area contributed by atoms with Crippen molar-refractivity contribution < 1.29 is 37.4 Å². The molecular formula is C48H66F2N8O6. The second kappa shape index (κ2) is 18.7. The van der Waals surface area contributed by atoms with Crippen LogP contribution in [0.2, 0.25) is 0 Å². The lowest BCUT2D eigenvalue weighted by Crippen LogP contribution is -2.60. The molecule has 0 aliphatic carbocycles. The van der Waals surface area contributed by atoms with Crippen LogP contribution in [0, 0.1) is 21.7 Å². The van der Waals surface area contributed by atoms with E-state index in [1.54, 1.807) is 12.4 Å². The van der Waals surface area contributed by atoms with Gasteiger partial charge in [0.1, 0.15) is 5.82 Å². The van der Waals surface area contributed by atoms with Crippen molar-refractivity contribution in [1.82, 2.24) is 35.1 Å². The Balaban J connectivity index is 1.57. The molecule has 4 aromatic rings. The molecule has 3 N–H and O–H groups in total. The number of rotatable bonds is 14. The number of H-pyrrole nitrogens is 2. The van der Waals surface area contributed by atoms with Gasteiger partial charge in [-0.1, -0.05) is 118 Å². The smallest absolute Gasteiger partial charge is 0.410 e. The number of halogens is 2. The Labute approximate surface area is 376 Å². The average Bonchev–Trinajstić information content (AvgIpc) is 3.91. The molecule has 0 bridgehead atoms. The summed E-state index contributed by atoms with van der Waals surface area (Å²) in [5.41, 5.74) is -2.41. The third-order valence-corrected chi connectivity index (χ3v) is 11.9. The molecule has 14 nitrogen and oxygen atoms in total. The molecule has 2 aromatic carbocycles. The summed E-state index contributed by atoms with van der Waals surface area (Å²) in [4.78, 5) is 75.8. The van der Waals surface area contributed by atoms with E-state index in [-0.39, 0.29) is 0 Å². The van der Waals surface area contributed by atoms with Crippen LogP contribution in [-0.4, -0.2) is 112 Å². The van der Waals surface area contributed by atoms with Crippen LogP contribution in [-0.2, 0) is 19.1 Å².